The largest absolute Gasteiger partial charge is 0.385 e. The summed E-state index contributed by atoms with van der Waals surface area (Å²) in [6.07, 6.45) is 1.02. The average molecular weight is 285 g/mol. The molecule has 0 aliphatic carbocycles. The number of methoxy groups -OCH3 is 1. The Morgan fingerprint density at radius 2 is 2.33 bits per heavy atom. The number of nitrogens with zero attached hydrogens (tertiary/aromatic N) is 1. The molecule has 1 aliphatic rings. The maximum absolute atomic E-state index is 6.09. The average Bonchev–Trinajstić information content (AvgIpc) is 2.83. The van der Waals surface area contributed by atoms with E-state index in [1.54, 1.807) is 18.9 Å². The zero-order valence-electron chi connectivity index (χ0n) is 10.4. The molecular weight excluding hydrogens is 268 g/mol. The van der Waals surface area contributed by atoms with Crippen molar-refractivity contribution in [1.29, 1.82) is 0 Å². The minimum Gasteiger partial charge on any atom is -0.385 e. The molecule has 1 N–H and O–H groups in total. The Hall–Kier alpha value is -0.710. The third kappa shape index (κ3) is 3.90. The van der Waals surface area contributed by atoms with Crippen molar-refractivity contribution in [3.05, 3.63) is 34.9 Å². The minimum atomic E-state index is 0.472. The van der Waals surface area contributed by atoms with E-state index in [2.05, 4.69) is 10.3 Å². The van der Waals surface area contributed by atoms with Gasteiger partial charge in [0.2, 0.25) is 0 Å². The number of amidine groups is 1. The lowest BCUT2D eigenvalue weighted by atomic mass is 10.2. The van der Waals surface area contributed by atoms with E-state index in [1.807, 2.05) is 24.3 Å². The van der Waals surface area contributed by atoms with Gasteiger partial charge in [0.1, 0.15) is 0 Å². The van der Waals surface area contributed by atoms with E-state index in [4.69, 9.17) is 16.3 Å². The first-order chi connectivity index (χ1) is 8.79. The molecule has 98 valence electrons. The molecule has 0 saturated carbocycles. The lowest BCUT2D eigenvalue weighted by Gasteiger charge is -2.08. The summed E-state index contributed by atoms with van der Waals surface area (Å²) in [5, 5.41) is 5.19. The van der Waals surface area contributed by atoms with Gasteiger partial charge in [0, 0.05) is 30.5 Å². The topological polar surface area (TPSA) is 33.6 Å². The number of nitrogens with one attached hydrogen (secondary N) is 1. The van der Waals surface area contributed by atoms with Crippen LogP contribution in [0.3, 0.4) is 0 Å². The molecule has 3 nitrogen and oxygen atoms in total. The number of aliphatic imine (C=N–C) groups is 1. The van der Waals surface area contributed by atoms with Crippen LogP contribution in [0.1, 0.15) is 12.0 Å². The van der Waals surface area contributed by atoms with Crippen LogP contribution in [-0.4, -0.2) is 30.7 Å². The monoisotopic (exact) mass is 284 g/mol. The normalized spacial score (nSPS) is 21.2. The van der Waals surface area contributed by atoms with E-state index in [0.717, 1.165) is 34.5 Å². The van der Waals surface area contributed by atoms with E-state index in [9.17, 15) is 0 Å². The fraction of sp³-hybridized carbons (Fsp3) is 0.462. The van der Waals surface area contributed by atoms with Crippen LogP contribution in [-0.2, 0) is 11.3 Å². The summed E-state index contributed by atoms with van der Waals surface area (Å²) in [6, 6.07) is 8.29. The molecule has 0 aromatic heterocycles. The van der Waals surface area contributed by atoms with Crippen molar-refractivity contribution >= 4 is 28.5 Å². The molecular formula is C13H17ClN2OS. The van der Waals surface area contributed by atoms with Crippen molar-refractivity contribution in [3.8, 4) is 0 Å². The van der Waals surface area contributed by atoms with Crippen LogP contribution >= 0.6 is 23.4 Å². The van der Waals surface area contributed by atoms with Crippen LogP contribution in [0.15, 0.2) is 29.3 Å². The standard InChI is InChI=1S/C13H17ClN2OS/c1-17-7-6-11-9-18-13(16-11)15-8-10-4-2-3-5-12(10)14/h2-5,11H,6-9H2,1H3,(H,15,16). The van der Waals surface area contributed by atoms with Crippen LogP contribution in [0.5, 0.6) is 0 Å². The number of ether oxygens (including phenoxy) is 1. The summed E-state index contributed by atoms with van der Waals surface area (Å²) in [5.74, 6) is 1.06. The van der Waals surface area contributed by atoms with Crippen LogP contribution in [0.4, 0.5) is 0 Å². The lowest BCUT2D eigenvalue weighted by molar-refractivity contribution is 0.188. The summed E-state index contributed by atoms with van der Waals surface area (Å²) in [4.78, 5) is 4.56. The van der Waals surface area contributed by atoms with E-state index in [1.165, 1.54) is 0 Å². The molecule has 1 aromatic rings. The predicted octanol–water partition coefficient (Wildman–Crippen LogP) is 2.94. The zero-order chi connectivity index (χ0) is 12.8. The van der Waals surface area contributed by atoms with Gasteiger partial charge in [-0.3, -0.25) is 4.99 Å². The Bertz CT molecular complexity index is 425. The second-order valence-electron chi connectivity index (χ2n) is 4.15. The lowest BCUT2D eigenvalue weighted by Crippen LogP contribution is -2.28. The maximum Gasteiger partial charge on any atom is 0.157 e. The highest BCUT2D eigenvalue weighted by molar-refractivity contribution is 8.14. The summed E-state index contributed by atoms with van der Waals surface area (Å²) < 4.78 is 5.08. The molecule has 0 bridgehead atoms. The molecule has 0 radical (unpaired) electrons. The molecule has 1 unspecified atom stereocenters. The van der Waals surface area contributed by atoms with Gasteiger partial charge in [0.25, 0.3) is 0 Å². The van der Waals surface area contributed by atoms with Crippen molar-refractivity contribution in [2.75, 3.05) is 19.5 Å². The third-order valence-corrected chi connectivity index (χ3v) is 4.23. The predicted molar refractivity (Wildman–Crippen MR) is 78.5 cm³/mol. The summed E-state index contributed by atoms with van der Waals surface area (Å²) in [6.45, 7) is 1.42. The van der Waals surface area contributed by atoms with Gasteiger partial charge < -0.3 is 10.1 Å². The molecule has 5 heteroatoms. The number of benzene rings is 1. The van der Waals surface area contributed by atoms with Crippen molar-refractivity contribution in [2.24, 2.45) is 4.99 Å². The third-order valence-electron chi connectivity index (χ3n) is 2.77. The Morgan fingerprint density at radius 3 is 3.11 bits per heavy atom. The van der Waals surface area contributed by atoms with Crippen molar-refractivity contribution < 1.29 is 4.74 Å². The number of rotatable bonds is 5. The first-order valence-electron chi connectivity index (χ1n) is 5.95. The number of hydrogen-bond acceptors (Lipinski definition) is 3. The van der Waals surface area contributed by atoms with E-state index in [0.29, 0.717) is 12.6 Å². The highest BCUT2D eigenvalue weighted by Gasteiger charge is 2.19. The maximum atomic E-state index is 6.09. The van der Waals surface area contributed by atoms with Gasteiger partial charge in [-0.15, -0.1) is 0 Å². The second kappa shape index (κ2) is 7.02. The fourth-order valence-corrected chi connectivity index (χ4v) is 2.94. The van der Waals surface area contributed by atoms with E-state index >= 15 is 0 Å². The molecule has 0 spiro atoms. The highest BCUT2D eigenvalue weighted by Crippen LogP contribution is 2.19. The minimum absolute atomic E-state index is 0.472. The summed E-state index contributed by atoms with van der Waals surface area (Å²) >= 11 is 7.86. The molecule has 18 heavy (non-hydrogen) atoms. The highest BCUT2D eigenvalue weighted by atomic mass is 35.5. The number of hydrogen-bond donors (Lipinski definition) is 1. The van der Waals surface area contributed by atoms with Crippen molar-refractivity contribution in [3.63, 3.8) is 0 Å². The van der Waals surface area contributed by atoms with Gasteiger partial charge >= 0.3 is 0 Å². The zero-order valence-corrected chi connectivity index (χ0v) is 11.9. The number of halogens is 1. The molecule has 1 heterocycles. The molecule has 1 saturated heterocycles. The van der Waals surface area contributed by atoms with Gasteiger partial charge in [0.15, 0.2) is 5.17 Å². The number of thioether (sulfide) groups is 1. The Balaban J connectivity index is 1.86. The summed E-state index contributed by atoms with van der Waals surface area (Å²) in [7, 11) is 1.73. The van der Waals surface area contributed by atoms with E-state index in [-0.39, 0.29) is 0 Å². The smallest absolute Gasteiger partial charge is 0.157 e. The molecule has 2 rings (SSSR count). The molecule has 1 aromatic carbocycles. The second-order valence-corrected chi connectivity index (χ2v) is 5.56. The van der Waals surface area contributed by atoms with Gasteiger partial charge in [-0.05, 0) is 18.1 Å². The molecule has 1 aliphatic heterocycles. The van der Waals surface area contributed by atoms with Crippen LogP contribution < -0.4 is 5.32 Å². The summed E-state index contributed by atoms with van der Waals surface area (Å²) in [5.41, 5.74) is 1.06. The van der Waals surface area contributed by atoms with Crippen LogP contribution in [0.2, 0.25) is 5.02 Å². The van der Waals surface area contributed by atoms with Crippen molar-refractivity contribution in [1.82, 2.24) is 5.32 Å². The van der Waals surface area contributed by atoms with Gasteiger partial charge in [-0.2, -0.15) is 0 Å². The Kier molecular flexibility index (Phi) is 5.35. The molecule has 1 atom stereocenters. The van der Waals surface area contributed by atoms with E-state index < -0.39 is 0 Å². The quantitative estimate of drug-likeness (QED) is 0.903. The SMILES string of the molecule is COCCC1CSC(=NCc2ccccc2Cl)N1. The van der Waals surface area contributed by atoms with Gasteiger partial charge in [0.05, 0.1) is 6.54 Å². The first-order valence-corrected chi connectivity index (χ1v) is 7.32. The molecule has 1 fully saturated rings. The Morgan fingerprint density at radius 1 is 1.50 bits per heavy atom. The Labute approximate surface area is 117 Å². The van der Waals surface area contributed by atoms with Gasteiger partial charge in [-0.25, -0.2) is 0 Å². The van der Waals surface area contributed by atoms with Crippen molar-refractivity contribution in [2.45, 2.75) is 19.0 Å². The van der Waals surface area contributed by atoms with Crippen LogP contribution in [0, 0.1) is 0 Å². The first kappa shape index (κ1) is 13.7. The van der Waals surface area contributed by atoms with Crippen LogP contribution in [0.25, 0.3) is 0 Å². The molecule has 0 amide bonds. The van der Waals surface area contributed by atoms with Gasteiger partial charge in [-0.1, -0.05) is 41.6 Å². The fourth-order valence-electron chi connectivity index (χ4n) is 1.73.